The molecule has 2 N–H and O–H groups in total. The number of Topliss-reactive ketones (excluding diaryl/α,β-unsaturated/α-hetero) is 1. The second-order valence-electron chi connectivity index (χ2n) is 8.49. The monoisotopic (exact) mass is 412 g/mol. The van der Waals surface area contributed by atoms with Crippen LogP contribution >= 0.6 is 0 Å². The number of aromatic nitrogens is 3. The van der Waals surface area contributed by atoms with Crippen LogP contribution in [0.5, 0.6) is 11.5 Å². The van der Waals surface area contributed by atoms with Crippen LogP contribution in [0.15, 0.2) is 24.4 Å². The van der Waals surface area contributed by atoms with Crippen molar-refractivity contribution in [3.63, 3.8) is 0 Å². The van der Waals surface area contributed by atoms with Crippen LogP contribution in [0.3, 0.4) is 0 Å². The number of fused-ring (bicyclic) bond motifs is 4. The summed E-state index contributed by atoms with van der Waals surface area (Å²) >= 11 is 0. The second kappa shape index (κ2) is 7.71. The molecule has 5 heterocycles. The molecular weight excluding hydrogens is 386 g/mol. The molecule has 4 aliphatic rings. The first-order valence-corrected chi connectivity index (χ1v) is 10.5. The molecule has 2 aromatic rings. The number of piperidine rings is 3. The van der Waals surface area contributed by atoms with Crippen molar-refractivity contribution in [3.8, 4) is 11.5 Å². The highest BCUT2D eigenvalue weighted by atomic mass is 16.7. The number of hydrogen-bond acceptors (Lipinski definition) is 6. The molecule has 3 saturated heterocycles. The van der Waals surface area contributed by atoms with Crippen molar-refractivity contribution in [2.45, 2.75) is 38.9 Å². The van der Waals surface area contributed by atoms with Gasteiger partial charge in [0.15, 0.2) is 17.3 Å². The van der Waals surface area contributed by atoms with Crippen molar-refractivity contribution in [1.82, 2.24) is 20.3 Å². The molecule has 4 aliphatic heterocycles. The molecule has 1 aromatic carbocycles. The lowest BCUT2D eigenvalue weighted by atomic mass is 9.75. The summed E-state index contributed by atoms with van der Waals surface area (Å²) in [4.78, 5) is 25.8. The average molecular weight is 412 g/mol. The van der Waals surface area contributed by atoms with Crippen LogP contribution in [-0.2, 0) is 17.9 Å². The molecule has 158 valence electrons. The molecule has 2 bridgehead atoms. The molecule has 0 spiro atoms. The topological polar surface area (TPSA) is 99.8 Å². The Bertz CT molecular complexity index is 974. The zero-order valence-electron chi connectivity index (χ0n) is 17.0. The molecule has 0 saturated carbocycles. The normalized spacial score (nSPS) is 26.6. The minimum absolute atomic E-state index is 0.0440. The third-order valence-electron chi connectivity index (χ3n) is 6.60. The lowest BCUT2D eigenvalue weighted by Crippen LogP contribution is -3.20. The fourth-order valence-electron chi connectivity index (χ4n) is 4.96. The summed E-state index contributed by atoms with van der Waals surface area (Å²) in [6.07, 6.45) is 3.79. The van der Waals surface area contributed by atoms with E-state index < -0.39 is 0 Å². The third kappa shape index (κ3) is 3.65. The van der Waals surface area contributed by atoms with Gasteiger partial charge in [0.25, 0.3) is 0 Å². The number of ether oxygens (including phenoxy) is 2. The smallest absolute Gasteiger partial charge is 0.231 e. The summed E-state index contributed by atoms with van der Waals surface area (Å²) in [7, 11) is 0. The summed E-state index contributed by atoms with van der Waals surface area (Å²) in [6.45, 7) is 4.89. The molecule has 4 atom stereocenters. The Morgan fingerprint density at radius 2 is 2.17 bits per heavy atom. The number of quaternary nitrogens is 1. The Hall–Kier alpha value is -2.94. The summed E-state index contributed by atoms with van der Waals surface area (Å²) in [5.74, 6) is 1.98. The van der Waals surface area contributed by atoms with Crippen LogP contribution in [-0.4, -0.2) is 52.6 Å². The van der Waals surface area contributed by atoms with Gasteiger partial charge in [-0.1, -0.05) is 11.3 Å². The minimum atomic E-state index is -0.0711. The number of rotatable bonds is 6. The maximum Gasteiger partial charge on any atom is 0.231 e. The van der Waals surface area contributed by atoms with Crippen LogP contribution < -0.4 is 19.7 Å². The highest BCUT2D eigenvalue weighted by Crippen LogP contribution is 2.32. The number of nitrogens with zero attached hydrogens (tertiary/aromatic N) is 3. The van der Waals surface area contributed by atoms with Gasteiger partial charge in [-0.15, -0.1) is 5.10 Å². The maximum atomic E-state index is 12.9. The quantitative estimate of drug-likeness (QED) is 0.639. The van der Waals surface area contributed by atoms with E-state index in [1.807, 2.05) is 18.2 Å². The minimum Gasteiger partial charge on any atom is -0.454 e. The van der Waals surface area contributed by atoms with Crippen LogP contribution in [0, 0.1) is 11.8 Å². The van der Waals surface area contributed by atoms with Crippen LogP contribution in [0.2, 0.25) is 0 Å². The Kier molecular flexibility index (Phi) is 4.90. The summed E-state index contributed by atoms with van der Waals surface area (Å²) < 4.78 is 12.5. The van der Waals surface area contributed by atoms with E-state index >= 15 is 0 Å². The Morgan fingerprint density at radius 3 is 2.93 bits per heavy atom. The molecular formula is C21H26N5O4+. The average Bonchev–Trinajstić information content (AvgIpc) is 3.41. The van der Waals surface area contributed by atoms with E-state index in [2.05, 4.69) is 15.6 Å². The van der Waals surface area contributed by atoms with Gasteiger partial charge in [0.05, 0.1) is 31.7 Å². The van der Waals surface area contributed by atoms with Crippen LogP contribution in [0.1, 0.15) is 35.8 Å². The molecule has 9 nitrogen and oxygen atoms in total. The molecule has 0 aliphatic carbocycles. The predicted molar refractivity (Wildman–Crippen MR) is 105 cm³/mol. The molecule has 30 heavy (non-hydrogen) atoms. The number of hydrogen-bond donors (Lipinski definition) is 2. The molecule has 3 fully saturated rings. The van der Waals surface area contributed by atoms with Crippen molar-refractivity contribution in [2.24, 2.45) is 11.8 Å². The highest BCUT2D eigenvalue weighted by Gasteiger charge is 2.46. The molecule has 9 heteroatoms. The van der Waals surface area contributed by atoms with Gasteiger partial charge in [0.1, 0.15) is 11.7 Å². The van der Waals surface area contributed by atoms with Crippen LogP contribution in [0.25, 0.3) is 0 Å². The standard InChI is InChI=1S/C21H25N5O4/c1-13(27)18-11-26(24-23-18)9-16-7-15-4-5-25(16)10-17(15)21(28)22-8-14-2-3-19-20(6-14)30-12-29-19/h2-3,6,11,15-17H,4-5,7-10,12H2,1H3,(H,22,28)/p+1/t15-,16+,17-/m0/s1. The fraction of sp³-hybridized carbons (Fsp3) is 0.524. The Morgan fingerprint density at radius 1 is 1.30 bits per heavy atom. The van der Waals surface area contributed by atoms with Crippen LogP contribution in [0.4, 0.5) is 0 Å². The van der Waals surface area contributed by atoms with Crippen molar-refractivity contribution in [2.75, 3.05) is 19.9 Å². The Labute approximate surface area is 174 Å². The zero-order valence-corrected chi connectivity index (χ0v) is 17.0. The number of amides is 1. The van der Waals surface area contributed by atoms with Gasteiger partial charge in [-0.05, 0) is 23.6 Å². The van der Waals surface area contributed by atoms with E-state index in [0.29, 0.717) is 24.2 Å². The first-order chi connectivity index (χ1) is 14.6. The van der Waals surface area contributed by atoms with Crippen molar-refractivity contribution >= 4 is 11.7 Å². The van der Waals surface area contributed by atoms with E-state index in [9.17, 15) is 9.59 Å². The largest absolute Gasteiger partial charge is 0.454 e. The van der Waals surface area contributed by atoms with Gasteiger partial charge in [-0.3, -0.25) is 9.59 Å². The Balaban J connectivity index is 1.17. The van der Waals surface area contributed by atoms with E-state index in [1.54, 1.807) is 10.9 Å². The first-order valence-electron chi connectivity index (χ1n) is 10.5. The second-order valence-corrected chi connectivity index (χ2v) is 8.49. The number of carbonyl (C=O) groups excluding carboxylic acids is 2. The molecule has 1 unspecified atom stereocenters. The number of nitrogens with one attached hydrogen (secondary N) is 2. The molecule has 0 radical (unpaired) electrons. The van der Waals surface area contributed by atoms with Gasteiger partial charge in [0.2, 0.25) is 12.7 Å². The SMILES string of the molecule is CC(=O)c1cn(C[C@H]2C[C@@H]3CC[NH+]2C[C@@H]3C(=O)NCc2ccc3c(c2)OCO3)nn1. The summed E-state index contributed by atoms with van der Waals surface area (Å²) in [5, 5.41) is 11.1. The van der Waals surface area contributed by atoms with E-state index in [1.165, 1.54) is 11.8 Å². The number of benzene rings is 1. The zero-order chi connectivity index (χ0) is 20.7. The van der Waals surface area contributed by atoms with Gasteiger partial charge < -0.3 is 19.7 Å². The van der Waals surface area contributed by atoms with Gasteiger partial charge in [-0.25, -0.2) is 4.68 Å². The molecule has 1 amide bonds. The predicted octanol–water partition coefficient (Wildman–Crippen LogP) is -0.181. The maximum absolute atomic E-state index is 12.9. The molecule has 6 rings (SSSR count). The highest BCUT2D eigenvalue weighted by molar-refractivity contribution is 5.91. The van der Waals surface area contributed by atoms with Crippen molar-refractivity contribution in [3.05, 3.63) is 35.7 Å². The molecule has 1 aromatic heterocycles. The lowest BCUT2D eigenvalue weighted by molar-refractivity contribution is -0.945. The first kappa shape index (κ1) is 19.0. The van der Waals surface area contributed by atoms with E-state index in [-0.39, 0.29) is 24.4 Å². The fourth-order valence-corrected chi connectivity index (χ4v) is 4.96. The lowest BCUT2D eigenvalue weighted by Gasteiger charge is -2.46. The van der Waals surface area contributed by atoms with Crippen molar-refractivity contribution in [1.29, 1.82) is 0 Å². The summed E-state index contributed by atoms with van der Waals surface area (Å²) in [5.41, 5.74) is 1.41. The van der Waals surface area contributed by atoms with Crippen molar-refractivity contribution < 1.29 is 24.0 Å². The van der Waals surface area contributed by atoms with E-state index in [0.717, 1.165) is 49.5 Å². The third-order valence-corrected chi connectivity index (χ3v) is 6.60. The van der Waals surface area contributed by atoms with Gasteiger partial charge in [-0.2, -0.15) is 0 Å². The van der Waals surface area contributed by atoms with Gasteiger partial charge >= 0.3 is 0 Å². The number of carbonyl (C=O) groups is 2. The summed E-state index contributed by atoms with van der Waals surface area (Å²) in [6, 6.07) is 6.17. The van der Waals surface area contributed by atoms with E-state index in [4.69, 9.17) is 9.47 Å². The number of ketones is 1. The van der Waals surface area contributed by atoms with Gasteiger partial charge in [0, 0.05) is 26.3 Å².